The number of amides is 1. The maximum atomic E-state index is 11.3. The van der Waals surface area contributed by atoms with Crippen molar-refractivity contribution >= 4 is 34.8 Å². The molecule has 0 spiro atoms. The van der Waals surface area contributed by atoms with Crippen molar-refractivity contribution in [2.24, 2.45) is 4.99 Å². The van der Waals surface area contributed by atoms with Gasteiger partial charge in [0.25, 0.3) is 0 Å². The lowest BCUT2D eigenvalue weighted by Crippen LogP contribution is -2.53. The minimum absolute atomic E-state index is 0.140. The van der Waals surface area contributed by atoms with E-state index >= 15 is 0 Å². The van der Waals surface area contributed by atoms with Crippen molar-refractivity contribution in [3.05, 3.63) is 21.3 Å². The molecule has 0 aromatic carbocycles. The van der Waals surface area contributed by atoms with Crippen LogP contribution >= 0.6 is 22.9 Å². The van der Waals surface area contributed by atoms with Gasteiger partial charge in [-0.3, -0.25) is 9.79 Å². The molecule has 0 aliphatic carbocycles. The van der Waals surface area contributed by atoms with Gasteiger partial charge in [-0.05, 0) is 12.1 Å². The summed E-state index contributed by atoms with van der Waals surface area (Å²) in [7, 11) is 1.78. The second-order valence-electron chi connectivity index (χ2n) is 4.60. The molecule has 1 aliphatic rings. The highest BCUT2D eigenvalue weighted by Crippen LogP contribution is 2.21. The molecule has 1 saturated heterocycles. The molecule has 0 saturated carbocycles. The lowest BCUT2D eigenvalue weighted by atomic mass is 10.3. The van der Waals surface area contributed by atoms with E-state index in [1.807, 2.05) is 17.0 Å². The maximum Gasteiger partial charge on any atom is 0.219 e. The highest BCUT2D eigenvalue weighted by Gasteiger charge is 2.20. The topological polar surface area (TPSA) is 47.9 Å². The molecule has 2 rings (SSSR count). The zero-order chi connectivity index (χ0) is 14.5. The van der Waals surface area contributed by atoms with Crippen LogP contribution in [0.15, 0.2) is 17.1 Å². The SMILES string of the molecule is CN=C(NCc1ccc(Cl)s1)N1CCN(C(C)=O)CC1. The van der Waals surface area contributed by atoms with Crippen molar-refractivity contribution in [2.45, 2.75) is 13.5 Å². The molecule has 0 atom stereocenters. The van der Waals surface area contributed by atoms with Crippen molar-refractivity contribution in [1.29, 1.82) is 0 Å². The van der Waals surface area contributed by atoms with E-state index in [1.165, 1.54) is 4.88 Å². The number of hydrogen-bond donors (Lipinski definition) is 1. The average molecular weight is 315 g/mol. The van der Waals surface area contributed by atoms with Gasteiger partial charge in [-0.1, -0.05) is 11.6 Å². The average Bonchev–Trinajstić information content (AvgIpc) is 2.86. The monoisotopic (exact) mass is 314 g/mol. The van der Waals surface area contributed by atoms with Crippen molar-refractivity contribution in [3.63, 3.8) is 0 Å². The van der Waals surface area contributed by atoms with Crippen LogP contribution in [-0.2, 0) is 11.3 Å². The van der Waals surface area contributed by atoms with Crippen LogP contribution in [0.2, 0.25) is 4.34 Å². The Bertz CT molecular complexity index is 494. The van der Waals surface area contributed by atoms with Crippen LogP contribution in [0, 0.1) is 0 Å². The van der Waals surface area contributed by atoms with Crippen LogP contribution in [0.1, 0.15) is 11.8 Å². The lowest BCUT2D eigenvalue weighted by molar-refractivity contribution is -0.130. The van der Waals surface area contributed by atoms with Gasteiger partial charge in [0, 0.05) is 45.0 Å². The molecular formula is C13H19ClN4OS. The molecule has 5 nitrogen and oxygen atoms in total. The predicted molar refractivity (Wildman–Crippen MR) is 83.4 cm³/mol. The first-order chi connectivity index (χ1) is 9.60. The first kappa shape index (κ1) is 15.1. The molecule has 1 fully saturated rings. The molecular weight excluding hydrogens is 296 g/mol. The highest BCUT2D eigenvalue weighted by molar-refractivity contribution is 7.16. The van der Waals surface area contributed by atoms with E-state index in [1.54, 1.807) is 25.3 Å². The summed E-state index contributed by atoms with van der Waals surface area (Å²) in [5.74, 6) is 1.01. The molecule has 0 radical (unpaired) electrons. The van der Waals surface area contributed by atoms with Gasteiger partial charge in [0.2, 0.25) is 5.91 Å². The van der Waals surface area contributed by atoms with Crippen LogP contribution in [0.4, 0.5) is 0 Å². The van der Waals surface area contributed by atoms with E-state index < -0.39 is 0 Å². The van der Waals surface area contributed by atoms with Crippen molar-refractivity contribution in [2.75, 3.05) is 33.2 Å². The molecule has 1 aromatic heterocycles. The zero-order valence-corrected chi connectivity index (χ0v) is 13.3. The van der Waals surface area contributed by atoms with E-state index in [-0.39, 0.29) is 5.91 Å². The number of nitrogens with one attached hydrogen (secondary N) is 1. The Kier molecular flexibility index (Phi) is 5.25. The molecule has 7 heteroatoms. The van der Waals surface area contributed by atoms with E-state index in [9.17, 15) is 4.79 Å². The molecule has 1 amide bonds. The minimum Gasteiger partial charge on any atom is -0.351 e. The Morgan fingerprint density at radius 2 is 2.00 bits per heavy atom. The Balaban J connectivity index is 1.85. The number of carbonyl (C=O) groups excluding carboxylic acids is 1. The van der Waals surface area contributed by atoms with E-state index in [2.05, 4.69) is 15.2 Å². The third-order valence-corrected chi connectivity index (χ3v) is 4.52. The first-order valence-corrected chi connectivity index (χ1v) is 7.75. The van der Waals surface area contributed by atoms with E-state index in [0.29, 0.717) is 0 Å². The Labute approximate surface area is 128 Å². The summed E-state index contributed by atoms with van der Waals surface area (Å²) in [6.07, 6.45) is 0. The zero-order valence-electron chi connectivity index (χ0n) is 11.7. The summed E-state index contributed by atoms with van der Waals surface area (Å²) < 4.78 is 0.798. The fourth-order valence-corrected chi connectivity index (χ4v) is 3.21. The Hall–Kier alpha value is -1.27. The summed E-state index contributed by atoms with van der Waals surface area (Å²) >= 11 is 7.48. The number of halogens is 1. The van der Waals surface area contributed by atoms with Crippen LogP contribution in [0.3, 0.4) is 0 Å². The van der Waals surface area contributed by atoms with Gasteiger partial charge >= 0.3 is 0 Å². The highest BCUT2D eigenvalue weighted by atomic mass is 35.5. The number of guanidine groups is 1. The Morgan fingerprint density at radius 3 is 2.50 bits per heavy atom. The van der Waals surface area contributed by atoms with Crippen LogP contribution < -0.4 is 5.32 Å². The van der Waals surface area contributed by atoms with Gasteiger partial charge in [-0.15, -0.1) is 11.3 Å². The fourth-order valence-electron chi connectivity index (χ4n) is 2.18. The second-order valence-corrected chi connectivity index (χ2v) is 6.40. The van der Waals surface area contributed by atoms with Crippen LogP contribution in [0.25, 0.3) is 0 Å². The molecule has 110 valence electrons. The number of carbonyl (C=O) groups is 1. The molecule has 1 N–H and O–H groups in total. The number of aliphatic imine (C=N–C) groups is 1. The normalized spacial score (nSPS) is 16.4. The van der Waals surface area contributed by atoms with E-state index in [0.717, 1.165) is 43.0 Å². The number of rotatable bonds is 2. The van der Waals surface area contributed by atoms with Crippen molar-refractivity contribution in [1.82, 2.24) is 15.1 Å². The van der Waals surface area contributed by atoms with Crippen molar-refractivity contribution in [3.8, 4) is 0 Å². The number of nitrogens with zero attached hydrogens (tertiary/aromatic N) is 3. The van der Waals surface area contributed by atoms with E-state index in [4.69, 9.17) is 11.6 Å². The Morgan fingerprint density at radius 1 is 1.35 bits per heavy atom. The van der Waals surface area contributed by atoms with Gasteiger partial charge in [-0.25, -0.2) is 0 Å². The van der Waals surface area contributed by atoms with Gasteiger partial charge in [0.05, 0.1) is 10.9 Å². The largest absolute Gasteiger partial charge is 0.351 e. The van der Waals surface area contributed by atoms with Gasteiger partial charge < -0.3 is 15.1 Å². The van der Waals surface area contributed by atoms with Crippen molar-refractivity contribution < 1.29 is 4.79 Å². The molecule has 20 heavy (non-hydrogen) atoms. The third-order valence-electron chi connectivity index (χ3n) is 3.29. The molecule has 0 bridgehead atoms. The molecule has 0 unspecified atom stereocenters. The summed E-state index contributed by atoms with van der Waals surface area (Å²) in [6, 6.07) is 3.92. The molecule has 1 aliphatic heterocycles. The van der Waals surface area contributed by atoms with Crippen LogP contribution in [0.5, 0.6) is 0 Å². The van der Waals surface area contributed by atoms with Crippen LogP contribution in [-0.4, -0.2) is 54.9 Å². The molecule has 2 heterocycles. The van der Waals surface area contributed by atoms with Gasteiger partial charge in [0.15, 0.2) is 5.96 Å². The van der Waals surface area contributed by atoms with Gasteiger partial charge in [-0.2, -0.15) is 0 Å². The maximum absolute atomic E-state index is 11.3. The molecule has 1 aromatic rings. The predicted octanol–water partition coefficient (Wildman–Crippen LogP) is 1.64. The number of hydrogen-bond acceptors (Lipinski definition) is 3. The summed E-state index contributed by atoms with van der Waals surface area (Å²) in [5.41, 5.74) is 0. The minimum atomic E-state index is 0.140. The standard InChI is InChI=1S/C13H19ClN4OS/c1-10(19)17-5-7-18(8-6-17)13(15-2)16-9-11-3-4-12(14)20-11/h3-4H,5-9H2,1-2H3,(H,15,16). The lowest BCUT2D eigenvalue weighted by Gasteiger charge is -2.36. The smallest absolute Gasteiger partial charge is 0.219 e. The summed E-state index contributed by atoms with van der Waals surface area (Å²) in [6.45, 7) is 5.46. The first-order valence-electron chi connectivity index (χ1n) is 6.55. The quantitative estimate of drug-likeness (QED) is 0.667. The third kappa shape index (κ3) is 3.86. The fraction of sp³-hybridized carbons (Fsp3) is 0.538. The summed E-state index contributed by atoms with van der Waals surface area (Å²) in [4.78, 5) is 20.8. The second kappa shape index (κ2) is 6.95. The summed E-state index contributed by atoms with van der Waals surface area (Å²) in [5, 5.41) is 3.34. The number of thiophene rings is 1. The van der Waals surface area contributed by atoms with Gasteiger partial charge in [0.1, 0.15) is 0 Å². The number of piperazine rings is 1.